The number of pyridine rings is 1. The summed E-state index contributed by atoms with van der Waals surface area (Å²) in [6.45, 7) is 0.469. The third-order valence-electron chi connectivity index (χ3n) is 5.02. The van der Waals surface area contributed by atoms with Crippen LogP contribution in [0.4, 0.5) is 0 Å². The molecule has 4 unspecified atom stereocenters. The number of nitrogens with one attached hydrogen (secondary N) is 1. The Labute approximate surface area is 144 Å². The molecule has 4 atom stereocenters. The summed E-state index contributed by atoms with van der Waals surface area (Å²) in [6.07, 6.45) is 5.86. The summed E-state index contributed by atoms with van der Waals surface area (Å²) in [5, 5.41) is 31.7. The Morgan fingerprint density at radius 1 is 1.32 bits per heavy atom. The first-order chi connectivity index (χ1) is 12.1. The van der Waals surface area contributed by atoms with Crippen LogP contribution >= 0.6 is 0 Å². The summed E-state index contributed by atoms with van der Waals surface area (Å²) in [5.74, 6) is 0.0316. The van der Waals surface area contributed by atoms with Crippen molar-refractivity contribution in [1.82, 2.24) is 25.3 Å². The lowest BCUT2D eigenvalue weighted by Crippen LogP contribution is -2.43. The minimum Gasteiger partial charge on any atom is -0.390 e. The Balaban J connectivity index is 1.39. The number of rotatable bonds is 5. The molecule has 0 aromatic carbocycles. The molecule has 132 valence electrons. The Kier molecular flexibility index (Phi) is 4.22. The molecule has 0 bridgehead atoms. The molecule has 0 radical (unpaired) electrons. The van der Waals surface area contributed by atoms with Gasteiger partial charge in [-0.25, -0.2) is 0 Å². The Morgan fingerprint density at radius 2 is 2.16 bits per heavy atom. The fourth-order valence-electron chi connectivity index (χ4n) is 3.41. The Hall–Kier alpha value is -2.32. The van der Waals surface area contributed by atoms with E-state index in [0.717, 1.165) is 18.5 Å². The van der Waals surface area contributed by atoms with E-state index in [-0.39, 0.29) is 11.8 Å². The molecule has 8 nitrogen and oxygen atoms in total. The van der Waals surface area contributed by atoms with Crippen LogP contribution in [0.25, 0.3) is 0 Å². The highest BCUT2D eigenvalue weighted by Gasteiger charge is 2.42. The summed E-state index contributed by atoms with van der Waals surface area (Å²) >= 11 is 0. The highest BCUT2D eigenvalue weighted by Crippen LogP contribution is 2.38. The maximum absolute atomic E-state index is 12.2. The number of carbonyl (C=O) groups excluding carboxylic acids is 1. The van der Waals surface area contributed by atoms with Crippen LogP contribution in [0.5, 0.6) is 0 Å². The SMILES string of the molecule is O=C(NC1CC(Cn2cc(C3CC3)nn2)C(O)C1O)c1cccnc1. The summed E-state index contributed by atoms with van der Waals surface area (Å²) in [4.78, 5) is 16.1. The van der Waals surface area contributed by atoms with Gasteiger partial charge >= 0.3 is 0 Å². The molecule has 2 saturated carbocycles. The average molecular weight is 343 g/mol. The average Bonchev–Trinajstić information content (AvgIpc) is 3.33. The van der Waals surface area contributed by atoms with Gasteiger partial charge in [-0.2, -0.15) is 0 Å². The first kappa shape index (κ1) is 16.2. The maximum atomic E-state index is 12.2. The molecule has 0 spiro atoms. The first-order valence-electron chi connectivity index (χ1n) is 8.59. The smallest absolute Gasteiger partial charge is 0.253 e. The molecule has 1 amide bonds. The van der Waals surface area contributed by atoms with E-state index < -0.39 is 18.2 Å². The summed E-state index contributed by atoms with van der Waals surface area (Å²) in [7, 11) is 0. The second kappa shape index (κ2) is 6.53. The van der Waals surface area contributed by atoms with Crippen molar-refractivity contribution >= 4 is 5.91 Å². The van der Waals surface area contributed by atoms with Crippen molar-refractivity contribution in [2.24, 2.45) is 5.92 Å². The number of hydrogen-bond acceptors (Lipinski definition) is 6. The fourth-order valence-corrected chi connectivity index (χ4v) is 3.41. The molecule has 2 aliphatic carbocycles. The number of aliphatic hydroxyl groups excluding tert-OH is 2. The molecule has 4 rings (SSSR count). The molecular formula is C17H21N5O3. The second-order valence-electron chi connectivity index (χ2n) is 6.94. The highest BCUT2D eigenvalue weighted by atomic mass is 16.3. The number of aliphatic hydroxyl groups is 2. The van der Waals surface area contributed by atoms with Gasteiger partial charge in [0.15, 0.2) is 0 Å². The molecule has 8 heteroatoms. The van der Waals surface area contributed by atoms with E-state index in [2.05, 4.69) is 20.6 Å². The van der Waals surface area contributed by atoms with Crippen molar-refractivity contribution in [1.29, 1.82) is 0 Å². The number of carbonyl (C=O) groups is 1. The summed E-state index contributed by atoms with van der Waals surface area (Å²) in [6, 6.07) is 2.84. The van der Waals surface area contributed by atoms with Gasteiger partial charge in [0.2, 0.25) is 0 Å². The highest BCUT2D eigenvalue weighted by molar-refractivity contribution is 5.94. The van der Waals surface area contributed by atoms with Crippen LogP contribution in [-0.4, -0.2) is 54.3 Å². The topological polar surface area (TPSA) is 113 Å². The van der Waals surface area contributed by atoms with Gasteiger partial charge in [-0.3, -0.25) is 14.5 Å². The molecule has 2 aromatic rings. The van der Waals surface area contributed by atoms with E-state index in [4.69, 9.17) is 0 Å². The zero-order valence-corrected chi connectivity index (χ0v) is 13.7. The van der Waals surface area contributed by atoms with Crippen LogP contribution < -0.4 is 5.32 Å². The normalized spacial score (nSPS) is 28.9. The third kappa shape index (κ3) is 3.40. The van der Waals surface area contributed by atoms with Crippen molar-refractivity contribution in [3.8, 4) is 0 Å². The largest absolute Gasteiger partial charge is 0.390 e. The molecule has 3 N–H and O–H groups in total. The third-order valence-corrected chi connectivity index (χ3v) is 5.02. The monoisotopic (exact) mass is 343 g/mol. The lowest BCUT2D eigenvalue weighted by atomic mass is 10.1. The van der Waals surface area contributed by atoms with Gasteiger partial charge in [-0.05, 0) is 31.4 Å². The molecule has 2 fully saturated rings. The first-order valence-corrected chi connectivity index (χ1v) is 8.59. The van der Waals surface area contributed by atoms with E-state index in [0.29, 0.717) is 24.4 Å². The molecule has 0 aliphatic heterocycles. The number of aromatic nitrogens is 4. The van der Waals surface area contributed by atoms with E-state index >= 15 is 0 Å². The van der Waals surface area contributed by atoms with Crippen molar-refractivity contribution in [3.63, 3.8) is 0 Å². The standard InChI is InChI=1S/C17H21N5O3/c23-15-12(8-22-9-14(20-21-22)10-3-4-10)6-13(16(15)24)19-17(25)11-2-1-5-18-7-11/h1-2,5,7,9-10,12-13,15-16,23-24H,3-4,6,8H2,(H,19,25). The van der Waals surface area contributed by atoms with Crippen LogP contribution in [0.1, 0.15) is 41.2 Å². The molecular weight excluding hydrogens is 322 g/mol. The van der Waals surface area contributed by atoms with E-state index in [1.165, 1.54) is 6.20 Å². The van der Waals surface area contributed by atoms with Gasteiger partial charge in [0.25, 0.3) is 5.91 Å². The second-order valence-corrected chi connectivity index (χ2v) is 6.94. The quantitative estimate of drug-likeness (QED) is 0.709. The lowest BCUT2D eigenvalue weighted by Gasteiger charge is -2.18. The molecule has 2 aliphatic rings. The zero-order chi connectivity index (χ0) is 17.4. The maximum Gasteiger partial charge on any atom is 0.253 e. The molecule has 0 saturated heterocycles. The van der Waals surface area contributed by atoms with E-state index in [1.807, 2.05) is 6.20 Å². The molecule has 2 heterocycles. The van der Waals surface area contributed by atoms with E-state index in [9.17, 15) is 15.0 Å². The van der Waals surface area contributed by atoms with Crippen LogP contribution in [0.3, 0.4) is 0 Å². The van der Waals surface area contributed by atoms with Gasteiger partial charge in [0, 0.05) is 37.0 Å². The number of amides is 1. The zero-order valence-electron chi connectivity index (χ0n) is 13.7. The van der Waals surface area contributed by atoms with Gasteiger partial charge < -0.3 is 15.5 Å². The number of hydrogen-bond donors (Lipinski definition) is 3. The minimum atomic E-state index is -1.00. The van der Waals surface area contributed by atoms with Gasteiger partial charge in [-0.15, -0.1) is 5.10 Å². The Morgan fingerprint density at radius 3 is 2.88 bits per heavy atom. The predicted octanol–water partition coefficient (Wildman–Crippen LogP) is 0.0908. The van der Waals surface area contributed by atoms with Crippen LogP contribution in [0.15, 0.2) is 30.7 Å². The van der Waals surface area contributed by atoms with Crippen molar-refractivity contribution < 1.29 is 15.0 Å². The Bertz CT molecular complexity index is 746. The molecule has 25 heavy (non-hydrogen) atoms. The van der Waals surface area contributed by atoms with E-state index in [1.54, 1.807) is 23.0 Å². The van der Waals surface area contributed by atoms with Gasteiger partial charge in [0.05, 0.1) is 23.4 Å². The van der Waals surface area contributed by atoms with Crippen LogP contribution in [-0.2, 0) is 6.54 Å². The van der Waals surface area contributed by atoms with Crippen molar-refractivity contribution in [2.75, 3.05) is 0 Å². The summed E-state index contributed by atoms with van der Waals surface area (Å²) < 4.78 is 1.72. The molecule has 2 aromatic heterocycles. The van der Waals surface area contributed by atoms with Crippen LogP contribution in [0, 0.1) is 5.92 Å². The van der Waals surface area contributed by atoms with Crippen LogP contribution in [0.2, 0.25) is 0 Å². The predicted molar refractivity (Wildman–Crippen MR) is 87.6 cm³/mol. The van der Waals surface area contributed by atoms with Gasteiger partial charge in [-0.1, -0.05) is 5.21 Å². The van der Waals surface area contributed by atoms with Gasteiger partial charge in [0.1, 0.15) is 6.10 Å². The number of nitrogens with zero attached hydrogens (tertiary/aromatic N) is 4. The van der Waals surface area contributed by atoms with Crippen molar-refractivity contribution in [3.05, 3.63) is 42.0 Å². The lowest BCUT2D eigenvalue weighted by molar-refractivity contribution is 0.00761. The summed E-state index contributed by atoms with van der Waals surface area (Å²) in [5.41, 5.74) is 1.42. The fraction of sp³-hybridized carbons (Fsp3) is 0.529. The van der Waals surface area contributed by atoms with Crippen molar-refractivity contribution in [2.45, 2.75) is 50.0 Å². The minimum absolute atomic E-state index is 0.192.